The van der Waals surface area contributed by atoms with Gasteiger partial charge in [-0.05, 0) is 67.7 Å². The van der Waals surface area contributed by atoms with Gasteiger partial charge in [0.1, 0.15) is 5.82 Å². The third-order valence-electron chi connectivity index (χ3n) is 5.17. The fourth-order valence-corrected chi connectivity index (χ4v) is 3.36. The molecule has 2 rings (SSSR count). The van der Waals surface area contributed by atoms with E-state index in [4.69, 9.17) is 4.74 Å². The van der Waals surface area contributed by atoms with Crippen LogP contribution < -0.4 is 5.32 Å². The molecule has 0 aliphatic carbocycles. The van der Waals surface area contributed by atoms with Crippen LogP contribution in [0.2, 0.25) is 0 Å². The van der Waals surface area contributed by atoms with Crippen molar-refractivity contribution in [3.8, 4) is 0 Å². The molecule has 0 atom stereocenters. The first kappa shape index (κ1) is 25.4. The molecule has 2 aromatic rings. The number of rotatable bonds is 15. The number of carbonyl (C=O) groups excluding carboxylic acids is 1. The van der Waals surface area contributed by atoms with Gasteiger partial charge in [0, 0.05) is 18.3 Å². The number of hydrogen-bond acceptors (Lipinski definition) is 3. The van der Waals surface area contributed by atoms with Crippen molar-refractivity contribution in [1.29, 1.82) is 0 Å². The van der Waals surface area contributed by atoms with Crippen molar-refractivity contribution in [3.05, 3.63) is 77.6 Å². The van der Waals surface area contributed by atoms with Crippen LogP contribution in [-0.4, -0.2) is 19.1 Å². The first-order valence-corrected chi connectivity index (χ1v) is 11.8. The van der Waals surface area contributed by atoms with Gasteiger partial charge in [0.25, 0.3) is 0 Å². The van der Waals surface area contributed by atoms with Gasteiger partial charge in [0.05, 0.1) is 6.61 Å². The molecule has 2 aromatic carbocycles. The lowest BCUT2D eigenvalue weighted by Gasteiger charge is -2.07. The summed E-state index contributed by atoms with van der Waals surface area (Å²) >= 11 is 0. The maximum Gasteiger partial charge on any atom is 0.330 e. The van der Waals surface area contributed by atoms with Crippen molar-refractivity contribution in [2.24, 2.45) is 0 Å². The zero-order valence-corrected chi connectivity index (χ0v) is 19.2. The molecule has 0 heterocycles. The number of benzene rings is 2. The van der Waals surface area contributed by atoms with Crippen LogP contribution in [0.5, 0.6) is 0 Å². The van der Waals surface area contributed by atoms with E-state index in [2.05, 4.69) is 17.5 Å². The predicted molar refractivity (Wildman–Crippen MR) is 133 cm³/mol. The van der Waals surface area contributed by atoms with Crippen LogP contribution in [0, 0.1) is 5.82 Å². The van der Waals surface area contributed by atoms with Gasteiger partial charge in [0.15, 0.2) is 0 Å². The van der Waals surface area contributed by atoms with E-state index in [0.717, 1.165) is 29.8 Å². The summed E-state index contributed by atoms with van der Waals surface area (Å²) < 4.78 is 17.7. The summed E-state index contributed by atoms with van der Waals surface area (Å²) in [6, 6.07) is 14.7. The summed E-state index contributed by atoms with van der Waals surface area (Å²) in [6.45, 7) is 3.17. The zero-order valence-electron chi connectivity index (χ0n) is 19.2. The largest absolute Gasteiger partial charge is 0.463 e. The molecule has 3 nitrogen and oxygen atoms in total. The number of nitrogens with one attached hydrogen (secondary N) is 1. The fourth-order valence-electron chi connectivity index (χ4n) is 3.36. The molecule has 0 unspecified atom stereocenters. The quantitative estimate of drug-likeness (QED) is 0.177. The summed E-state index contributed by atoms with van der Waals surface area (Å²) in [5.41, 5.74) is 3.14. The smallest absolute Gasteiger partial charge is 0.330 e. The molecule has 0 amide bonds. The highest BCUT2D eigenvalue weighted by atomic mass is 19.1. The normalized spacial score (nSPS) is 11.3. The number of hydrogen-bond donors (Lipinski definition) is 1. The van der Waals surface area contributed by atoms with Crippen LogP contribution in [0.3, 0.4) is 0 Å². The van der Waals surface area contributed by atoms with E-state index in [1.807, 2.05) is 36.4 Å². The molecular formula is C28H36FNO2. The summed E-state index contributed by atoms with van der Waals surface area (Å²) in [5.74, 6) is -0.498. The van der Waals surface area contributed by atoms with E-state index in [9.17, 15) is 9.18 Å². The second-order valence-corrected chi connectivity index (χ2v) is 7.85. The zero-order chi connectivity index (χ0) is 22.9. The molecule has 0 fully saturated rings. The molecule has 4 heteroatoms. The predicted octanol–water partition coefficient (Wildman–Crippen LogP) is 7.65. The van der Waals surface area contributed by atoms with Crippen LogP contribution in [0.15, 0.2) is 60.7 Å². The van der Waals surface area contributed by atoms with Gasteiger partial charge in [-0.1, -0.05) is 68.5 Å². The lowest BCUT2D eigenvalue weighted by Crippen LogP contribution is -2.01. The average Bonchev–Trinajstić information content (AvgIpc) is 2.80. The Kier molecular flexibility index (Phi) is 12.6. The number of esters is 1. The van der Waals surface area contributed by atoms with Crippen LogP contribution >= 0.6 is 0 Å². The molecule has 0 saturated carbocycles. The van der Waals surface area contributed by atoms with Gasteiger partial charge in [-0.2, -0.15) is 0 Å². The Morgan fingerprint density at radius 2 is 1.44 bits per heavy atom. The van der Waals surface area contributed by atoms with E-state index in [1.165, 1.54) is 63.2 Å². The highest BCUT2D eigenvalue weighted by Crippen LogP contribution is 2.13. The number of carbonyl (C=O) groups is 1. The number of allylic oxidation sites excluding steroid dienone is 1. The Morgan fingerprint density at radius 3 is 2.12 bits per heavy atom. The lowest BCUT2D eigenvalue weighted by molar-refractivity contribution is -0.137. The SMILES string of the molecule is CCOC(=O)C=Cc1ccc(NCCCCCCCCCC=Cc2ccc(F)cc2)cc1. The van der Waals surface area contributed by atoms with Crippen molar-refractivity contribution in [3.63, 3.8) is 0 Å². The van der Waals surface area contributed by atoms with Crippen LogP contribution in [-0.2, 0) is 9.53 Å². The standard InChI is InChI=1S/C28H36FNO2/c1-2-32-28(31)22-17-25-15-20-27(21-16-25)30-23-11-9-7-5-3-4-6-8-10-12-24-13-18-26(29)19-14-24/h10,12-22,30H,2-9,11,23H2,1H3. The monoisotopic (exact) mass is 437 g/mol. The molecule has 0 aliphatic rings. The summed E-state index contributed by atoms with van der Waals surface area (Å²) in [6.07, 6.45) is 17.3. The van der Waals surface area contributed by atoms with Crippen LogP contribution in [0.4, 0.5) is 10.1 Å². The summed E-state index contributed by atoms with van der Waals surface area (Å²) in [4.78, 5) is 11.3. The third kappa shape index (κ3) is 11.5. The van der Waals surface area contributed by atoms with Crippen LogP contribution in [0.25, 0.3) is 12.2 Å². The first-order valence-electron chi connectivity index (χ1n) is 11.8. The lowest BCUT2D eigenvalue weighted by atomic mass is 10.1. The van der Waals surface area contributed by atoms with Gasteiger partial charge in [-0.3, -0.25) is 0 Å². The third-order valence-corrected chi connectivity index (χ3v) is 5.17. The molecule has 32 heavy (non-hydrogen) atoms. The second-order valence-electron chi connectivity index (χ2n) is 7.85. The van der Waals surface area contributed by atoms with Crippen molar-refractivity contribution in [2.45, 2.75) is 58.3 Å². The molecule has 0 spiro atoms. The molecule has 0 saturated heterocycles. The Morgan fingerprint density at radius 1 is 0.844 bits per heavy atom. The van der Waals surface area contributed by atoms with Gasteiger partial charge in [0.2, 0.25) is 0 Å². The molecule has 0 aliphatic heterocycles. The number of ether oxygens (including phenoxy) is 1. The Labute approximate surface area is 192 Å². The minimum Gasteiger partial charge on any atom is -0.463 e. The van der Waals surface area contributed by atoms with E-state index in [-0.39, 0.29) is 11.8 Å². The second kappa shape index (κ2) is 15.9. The highest BCUT2D eigenvalue weighted by Gasteiger charge is 1.96. The van der Waals surface area contributed by atoms with Crippen molar-refractivity contribution in [2.75, 3.05) is 18.5 Å². The number of halogens is 1. The van der Waals surface area contributed by atoms with Gasteiger partial charge >= 0.3 is 5.97 Å². The molecule has 1 N–H and O–H groups in total. The van der Waals surface area contributed by atoms with Crippen molar-refractivity contribution < 1.29 is 13.9 Å². The summed E-state index contributed by atoms with van der Waals surface area (Å²) in [5, 5.41) is 3.45. The van der Waals surface area contributed by atoms with E-state index >= 15 is 0 Å². The molecule has 0 bridgehead atoms. The average molecular weight is 438 g/mol. The number of anilines is 1. The molecule has 0 radical (unpaired) electrons. The first-order chi connectivity index (χ1) is 15.7. The highest BCUT2D eigenvalue weighted by molar-refractivity contribution is 5.87. The Bertz CT molecular complexity index is 826. The van der Waals surface area contributed by atoms with Crippen LogP contribution in [0.1, 0.15) is 69.4 Å². The maximum absolute atomic E-state index is 12.9. The molecule has 0 aromatic heterocycles. The van der Waals surface area contributed by atoms with Crippen molar-refractivity contribution >= 4 is 23.8 Å². The maximum atomic E-state index is 12.9. The minimum absolute atomic E-state index is 0.186. The van der Waals surface area contributed by atoms with Gasteiger partial charge < -0.3 is 10.1 Å². The summed E-state index contributed by atoms with van der Waals surface area (Å²) in [7, 11) is 0. The van der Waals surface area contributed by atoms with E-state index < -0.39 is 0 Å². The Hall–Kier alpha value is -2.88. The van der Waals surface area contributed by atoms with E-state index in [0.29, 0.717) is 6.61 Å². The topological polar surface area (TPSA) is 38.3 Å². The number of unbranched alkanes of at least 4 members (excludes halogenated alkanes) is 7. The molecule has 172 valence electrons. The molecular weight excluding hydrogens is 401 g/mol. The van der Waals surface area contributed by atoms with Gasteiger partial charge in [-0.25, -0.2) is 9.18 Å². The minimum atomic E-state index is -0.312. The Balaban J connectivity index is 1.44. The fraction of sp³-hybridized carbons (Fsp3) is 0.393. The van der Waals surface area contributed by atoms with E-state index in [1.54, 1.807) is 13.0 Å². The van der Waals surface area contributed by atoms with Gasteiger partial charge in [-0.15, -0.1) is 0 Å². The van der Waals surface area contributed by atoms with Crippen molar-refractivity contribution in [1.82, 2.24) is 0 Å².